The number of amides is 1. The third kappa shape index (κ3) is 15.0. The van der Waals surface area contributed by atoms with Gasteiger partial charge in [0, 0.05) is 25.4 Å². The fourth-order valence-corrected chi connectivity index (χ4v) is 1.88. The van der Waals surface area contributed by atoms with Crippen LogP contribution in [-0.4, -0.2) is 18.7 Å². The largest absolute Gasteiger partial charge is 0.377 e. The molecule has 0 aromatic heterocycles. The van der Waals surface area contributed by atoms with Gasteiger partial charge in [-0.3, -0.25) is 9.79 Å². The molecule has 0 atom stereocenters. The lowest BCUT2D eigenvalue weighted by atomic mass is 10.1. The summed E-state index contributed by atoms with van der Waals surface area (Å²) in [4.78, 5) is 16.2. The lowest BCUT2D eigenvalue weighted by molar-refractivity contribution is -0.120. The molecule has 0 unspecified atom stereocenters. The highest BCUT2D eigenvalue weighted by molar-refractivity contribution is 5.90. The van der Waals surface area contributed by atoms with Crippen LogP contribution in [0.4, 0.5) is 0 Å². The first-order valence-electron chi connectivity index (χ1n) is 10.3. The monoisotopic (exact) mass is 398 g/mol. The van der Waals surface area contributed by atoms with Crippen molar-refractivity contribution in [3.05, 3.63) is 59.3 Å². The van der Waals surface area contributed by atoms with Gasteiger partial charge in [-0.15, -0.1) is 5.92 Å². The number of allylic oxidation sites excluding steroid dienone is 2. The molecule has 0 saturated heterocycles. The van der Waals surface area contributed by atoms with E-state index in [0.29, 0.717) is 25.5 Å². The van der Waals surface area contributed by atoms with Crippen LogP contribution in [0.1, 0.15) is 66.0 Å². The van der Waals surface area contributed by atoms with Gasteiger partial charge in [0.05, 0.1) is 18.7 Å². The number of nitrogens with one attached hydrogen (secondary N) is 1. The van der Waals surface area contributed by atoms with Crippen LogP contribution in [0.5, 0.6) is 0 Å². The minimum Gasteiger partial charge on any atom is -0.377 e. The molecule has 0 radical (unpaired) electrons. The van der Waals surface area contributed by atoms with E-state index in [1.807, 2.05) is 65.8 Å². The number of ether oxygens (including phenoxy) is 1. The normalized spacial score (nSPS) is 9.97. The molecular weight excluding hydrogens is 360 g/mol. The second-order valence-corrected chi connectivity index (χ2v) is 5.45. The maximum Gasteiger partial charge on any atom is 0.225 e. The van der Waals surface area contributed by atoms with E-state index in [1.54, 1.807) is 19.2 Å². The molecule has 0 saturated carbocycles. The first kappa shape index (κ1) is 28.6. The summed E-state index contributed by atoms with van der Waals surface area (Å²) in [5, 5.41) is 2.88. The van der Waals surface area contributed by atoms with Crippen LogP contribution in [0.3, 0.4) is 0 Å². The Morgan fingerprint density at radius 3 is 2.28 bits per heavy atom. The number of benzene rings is 1. The van der Waals surface area contributed by atoms with E-state index in [2.05, 4.69) is 28.7 Å². The van der Waals surface area contributed by atoms with Crippen molar-refractivity contribution in [2.45, 2.75) is 68.0 Å². The second-order valence-electron chi connectivity index (χ2n) is 5.45. The van der Waals surface area contributed by atoms with Gasteiger partial charge < -0.3 is 10.1 Å². The number of carbonyl (C=O) groups excluding carboxylic acids is 1. The molecule has 0 bridgehead atoms. The molecule has 4 nitrogen and oxygen atoms in total. The zero-order valence-electron chi connectivity index (χ0n) is 19.3. The molecular formula is C25H38N2O2. The Labute approximate surface area is 178 Å². The quantitative estimate of drug-likeness (QED) is 0.323. The van der Waals surface area contributed by atoms with Gasteiger partial charge in [0.1, 0.15) is 0 Å². The Morgan fingerprint density at radius 2 is 1.76 bits per heavy atom. The van der Waals surface area contributed by atoms with Crippen LogP contribution in [-0.2, 0) is 22.7 Å². The first-order valence-corrected chi connectivity index (χ1v) is 10.3. The van der Waals surface area contributed by atoms with E-state index >= 15 is 0 Å². The SMILES string of the molecule is C=C(C)/C(=C/C#CC)N=CCC(=O)NCc1ccc(COCC)cc1.CC.CC. The molecule has 0 fully saturated rings. The average molecular weight is 399 g/mol. The van der Waals surface area contributed by atoms with Crippen molar-refractivity contribution in [1.82, 2.24) is 5.32 Å². The fourth-order valence-electron chi connectivity index (χ4n) is 1.88. The number of aliphatic imine (C=N–C) groups is 1. The molecule has 4 heteroatoms. The number of hydrogen-bond acceptors (Lipinski definition) is 3. The minimum atomic E-state index is -0.0789. The highest BCUT2D eigenvalue weighted by Gasteiger charge is 2.01. The average Bonchev–Trinajstić information content (AvgIpc) is 2.76. The lowest BCUT2D eigenvalue weighted by Gasteiger charge is -2.06. The summed E-state index contributed by atoms with van der Waals surface area (Å²) >= 11 is 0. The Hall–Kier alpha value is -2.64. The van der Waals surface area contributed by atoms with Crippen molar-refractivity contribution in [3.8, 4) is 11.8 Å². The zero-order chi connectivity index (χ0) is 22.5. The third-order valence-electron chi connectivity index (χ3n) is 3.28. The number of nitrogens with zero attached hydrogens (tertiary/aromatic N) is 1. The predicted molar refractivity (Wildman–Crippen MR) is 126 cm³/mol. The molecule has 29 heavy (non-hydrogen) atoms. The van der Waals surface area contributed by atoms with Gasteiger partial charge in [-0.25, -0.2) is 0 Å². The molecule has 0 aliphatic rings. The van der Waals surface area contributed by atoms with Gasteiger partial charge in [0.25, 0.3) is 0 Å². The van der Waals surface area contributed by atoms with E-state index in [9.17, 15) is 4.79 Å². The molecule has 0 heterocycles. The highest BCUT2D eigenvalue weighted by Crippen LogP contribution is 2.07. The summed E-state index contributed by atoms with van der Waals surface area (Å²) in [6.45, 7) is 19.2. The van der Waals surface area contributed by atoms with E-state index in [4.69, 9.17) is 4.74 Å². The topological polar surface area (TPSA) is 50.7 Å². The maximum absolute atomic E-state index is 11.9. The fraction of sp³-hybridized carbons (Fsp3) is 0.440. The Kier molecular flexibility index (Phi) is 19.8. The molecule has 1 aromatic rings. The maximum atomic E-state index is 11.9. The van der Waals surface area contributed by atoms with Crippen LogP contribution in [0.15, 0.2) is 53.2 Å². The number of carbonyl (C=O) groups is 1. The van der Waals surface area contributed by atoms with Gasteiger partial charge in [-0.1, -0.05) is 64.5 Å². The Bertz CT molecular complexity index is 690. The van der Waals surface area contributed by atoms with Crippen LogP contribution < -0.4 is 5.32 Å². The van der Waals surface area contributed by atoms with Crippen molar-refractivity contribution in [2.75, 3.05) is 6.61 Å². The molecule has 1 amide bonds. The van der Waals surface area contributed by atoms with Crippen LogP contribution in [0, 0.1) is 11.8 Å². The predicted octanol–water partition coefficient (Wildman–Crippen LogP) is 5.84. The van der Waals surface area contributed by atoms with Crippen molar-refractivity contribution in [3.63, 3.8) is 0 Å². The van der Waals surface area contributed by atoms with E-state index in [-0.39, 0.29) is 12.3 Å². The summed E-state index contributed by atoms with van der Waals surface area (Å²) in [6, 6.07) is 8.01. The molecule has 0 aliphatic carbocycles. The molecule has 1 N–H and O–H groups in total. The van der Waals surface area contributed by atoms with Crippen LogP contribution >= 0.6 is 0 Å². The number of hydrogen-bond donors (Lipinski definition) is 1. The summed E-state index contributed by atoms with van der Waals surface area (Å²) in [7, 11) is 0. The van der Waals surface area contributed by atoms with Crippen LogP contribution in [0.25, 0.3) is 0 Å². The van der Waals surface area contributed by atoms with Crippen molar-refractivity contribution < 1.29 is 9.53 Å². The van der Waals surface area contributed by atoms with Crippen molar-refractivity contribution >= 4 is 12.1 Å². The molecule has 0 aliphatic heterocycles. The number of rotatable bonds is 9. The lowest BCUT2D eigenvalue weighted by Crippen LogP contribution is -2.22. The molecule has 1 rings (SSSR count). The van der Waals surface area contributed by atoms with Gasteiger partial charge in [-0.2, -0.15) is 0 Å². The van der Waals surface area contributed by atoms with Crippen molar-refractivity contribution in [1.29, 1.82) is 0 Å². The highest BCUT2D eigenvalue weighted by atomic mass is 16.5. The van der Waals surface area contributed by atoms with Gasteiger partial charge in [0.2, 0.25) is 5.91 Å². The van der Waals surface area contributed by atoms with E-state index < -0.39 is 0 Å². The summed E-state index contributed by atoms with van der Waals surface area (Å²) in [5.74, 6) is 5.53. The van der Waals surface area contributed by atoms with Gasteiger partial charge in [0.15, 0.2) is 0 Å². The summed E-state index contributed by atoms with van der Waals surface area (Å²) < 4.78 is 5.36. The molecule has 160 valence electrons. The Balaban J connectivity index is 0. The molecule has 1 aromatic carbocycles. The molecule has 0 spiro atoms. The van der Waals surface area contributed by atoms with Crippen molar-refractivity contribution in [2.24, 2.45) is 4.99 Å². The van der Waals surface area contributed by atoms with Crippen LogP contribution in [0.2, 0.25) is 0 Å². The van der Waals surface area contributed by atoms with Gasteiger partial charge >= 0.3 is 0 Å². The second kappa shape index (κ2) is 20.1. The van der Waals surface area contributed by atoms with E-state index in [1.165, 1.54) is 0 Å². The van der Waals surface area contributed by atoms with Gasteiger partial charge in [-0.05, 0) is 37.5 Å². The van der Waals surface area contributed by atoms with E-state index in [0.717, 1.165) is 16.7 Å². The Morgan fingerprint density at radius 1 is 1.17 bits per heavy atom. The summed E-state index contributed by atoms with van der Waals surface area (Å²) in [6.07, 6.45) is 3.49. The standard InChI is InChI=1S/C21H26N2O2.2C2H6/c1-5-7-8-20(17(3)4)22-14-13-21(24)23-15-18-9-11-19(12-10-18)16-25-6-2;2*1-2/h8-12,14H,3,6,13,15-16H2,1-2,4H3,(H,23,24);2*1-2H3/b20-8-,22-14?;;. The smallest absolute Gasteiger partial charge is 0.225 e. The first-order chi connectivity index (χ1) is 14.1. The third-order valence-corrected chi connectivity index (χ3v) is 3.28. The summed E-state index contributed by atoms with van der Waals surface area (Å²) in [5.41, 5.74) is 3.67. The zero-order valence-corrected chi connectivity index (χ0v) is 19.3. The minimum absolute atomic E-state index is 0.0789.